The molecule has 3 aliphatic heterocycles. The van der Waals surface area contributed by atoms with E-state index in [1.165, 1.54) is 103 Å². The van der Waals surface area contributed by atoms with Crippen molar-refractivity contribution in [3.63, 3.8) is 0 Å². The first kappa shape index (κ1) is 25.6. The number of hydrogen-bond acceptors (Lipinski definition) is 3. The molecule has 37 heavy (non-hydrogen) atoms. The Labute approximate surface area is 227 Å². The van der Waals surface area contributed by atoms with Crippen molar-refractivity contribution in [2.45, 2.75) is 142 Å². The number of ether oxygens (including phenoxy) is 1. The molecule has 208 valence electrons. The second kappa shape index (κ2) is 9.07. The van der Waals surface area contributed by atoms with Crippen molar-refractivity contribution in [2.75, 3.05) is 19.6 Å². The topological polar surface area (TPSA) is 24.5 Å². The smallest absolute Gasteiger partial charge is 0.0765 e. The molecule has 3 nitrogen and oxygen atoms in total. The molecule has 6 unspecified atom stereocenters. The van der Waals surface area contributed by atoms with E-state index in [-0.39, 0.29) is 5.60 Å². The van der Waals surface area contributed by atoms with Gasteiger partial charge in [0.05, 0.1) is 11.7 Å². The quantitative estimate of drug-likeness (QED) is 0.375. The van der Waals surface area contributed by atoms with Gasteiger partial charge in [-0.25, -0.2) is 0 Å². The van der Waals surface area contributed by atoms with Gasteiger partial charge in [0.25, 0.3) is 0 Å². The van der Waals surface area contributed by atoms with Crippen LogP contribution in [0.25, 0.3) is 0 Å². The highest BCUT2D eigenvalue weighted by Gasteiger charge is 2.62. The van der Waals surface area contributed by atoms with Crippen LogP contribution in [0, 0.1) is 40.4 Å². The second-order valence-electron chi connectivity index (χ2n) is 15.9. The minimum absolute atomic E-state index is 0.0862. The standard InChI is InChI=1S/C34H56N2O/c1-22-17-30-31(35-21-22)24(3)34(37-30)14-11-26-27-10-12-32(4)20-25(36-15-7-6-8-16-36)9-13-33(32,5)29(27)18-28(26)23(2)19-34/h22,24-27,29-31,35H,6-21H2,1-5H3/t22-,24+,25?,26-,27?,29-,30?,31-,32?,33?,34?/m0/s1. The zero-order chi connectivity index (χ0) is 25.6. The number of hydrogen-bond donors (Lipinski definition) is 1. The first-order valence-electron chi connectivity index (χ1n) is 16.6. The van der Waals surface area contributed by atoms with Crippen molar-refractivity contribution in [3.05, 3.63) is 11.1 Å². The lowest BCUT2D eigenvalue weighted by Crippen LogP contribution is -2.56. The molecule has 11 atom stereocenters. The summed E-state index contributed by atoms with van der Waals surface area (Å²) < 4.78 is 7.12. The monoisotopic (exact) mass is 508 g/mol. The third-order valence-electron chi connectivity index (χ3n) is 14.2. The summed E-state index contributed by atoms with van der Waals surface area (Å²) in [6, 6.07) is 1.44. The van der Waals surface area contributed by atoms with Crippen molar-refractivity contribution in [1.82, 2.24) is 10.2 Å². The van der Waals surface area contributed by atoms with Crippen molar-refractivity contribution < 1.29 is 4.74 Å². The van der Waals surface area contributed by atoms with E-state index in [2.05, 4.69) is 44.8 Å². The lowest BCUT2D eigenvalue weighted by Gasteiger charge is -2.61. The number of nitrogens with zero attached hydrogens (tertiary/aromatic N) is 1. The van der Waals surface area contributed by atoms with Crippen LogP contribution in [-0.2, 0) is 4.74 Å². The van der Waals surface area contributed by atoms with Gasteiger partial charge in [0.2, 0.25) is 0 Å². The average molecular weight is 509 g/mol. The predicted octanol–water partition coefficient (Wildman–Crippen LogP) is 7.36. The molecule has 0 aromatic heterocycles. The van der Waals surface area contributed by atoms with E-state index < -0.39 is 0 Å². The van der Waals surface area contributed by atoms with Gasteiger partial charge in [0, 0.05) is 18.0 Å². The molecular formula is C34H56N2O. The van der Waals surface area contributed by atoms with Gasteiger partial charge in [-0.2, -0.15) is 0 Å². The van der Waals surface area contributed by atoms with Crippen LogP contribution in [0.1, 0.15) is 118 Å². The van der Waals surface area contributed by atoms with E-state index in [4.69, 9.17) is 4.74 Å². The number of likely N-dealkylation sites (tertiary alicyclic amines) is 1. The molecule has 0 amide bonds. The molecule has 3 heterocycles. The maximum absolute atomic E-state index is 7.12. The minimum atomic E-state index is 0.0862. The molecule has 0 aromatic carbocycles. The third kappa shape index (κ3) is 3.82. The molecule has 0 radical (unpaired) electrons. The maximum Gasteiger partial charge on any atom is 0.0765 e. The van der Waals surface area contributed by atoms with Crippen LogP contribution in [0.15, 0.2) is 11.1 Å². The zero-order valence-electron chi connectivity index (χ0n) is 24.8. The molecule has 3 heteroatoms. The molecule has 7 aliphatic rings. The van der Waals surface area contributed by atoms with Gasteiger partial charge in [-0.05, 0) is 138 Å². The lowest BCUT2D eigenvalue weighted by atomic mass is 9.45. The Morgan fingerprint density at radius 2 is 1.78 bits per heavy atom. The van der Waals surface area contributed by atoms with Crippen LogP contribution in [0.3, 0.4) is 0 Å². The molecule has 0 bridgehead atoms. The summed E-state index contributed by atoms with van der Waals surface area (Å²) in [6.07, 6.45) is 18.7. The highest BCUT2D eigenvalue weighted by Crippen LogP contribution is 2.69. The van der Waals surface area contributed by atoms with E-state index in [1.54, 1.807) is 5.57 Å². The summed E-state index contributed by atoms with van der Waals surface area (Å²) in [5.74, 6) is 4.07. The van der Waals surface area contributed by atoms with Crippen molar-refractivity contribution >= 4 is 0 Å². The molecule has 3 saturated heterocycles. The molecular weight excluding hydrogens is 452 g/mol. The average Bonchev–Trinajstić information content (AvgIpc) is 3.34. The van der Waals surface area contributed by atoms with E-state index in [1.807, 2.05) is 5.57 Å². The summed E-state index contributed by atoms with van der Waals surface area (Å²) in [5.41, 5.74) is 4.80. The number of allylic oxidation sites excluding steroid dienone is 1. The predicted molar refractivity (Wildman–Crippen MR) is 152 cm³/mol. The largest absolute Gasteiger partial charge is 0.369 e. The van der Waals surface area contributed by atoms with Crippen molar-refractivity contribution in [1.29, 1.82) is 0 Å². The van der Waals surface area contributed by atoms with Gasteiger partial charge in [-0.3, -0.25) is 0 Å². The van der Waals surface area contributed by atoms with Crippen LogP contribution in [0.2, 0.25) is 0 Å². The van der Waals surface area contributed by atoms with Crippen molar-refractivity contribution in [3.8, 4) is 0 Å². The Morgan fingerprint density at radius 1 is 0.973 bits per heavy atom. The fourth-order valence-electron chi connectivity index (χ4n) is 11.8. The summed E-state index contributed by atoms with van der Waals surface area (Å²) in [6.45, 7) is 16.8. The summed E-state index contributed by atoms with van der Waals surface area (Å²) in [7, 11) is 0. The molecule has 6 fully saturated rings. The molecule has 7 rings (SSSR count). The Balaban J connectivity index is 1.12. The van der Waals surface area contributed by atoms with Crippen LogP contribution < -0.4 is 5.32 Å². The Hall–Kier alpha value is -0.380. The Bertz CT molecular complexity index is 923. The van der Waals surface area contributed by atoms with Crippen LogP contribution >= 0.6 is 0 Å². The molecule has 3 saturated carbocycles. The normalized spacial score (nSPS) is 54.4. The Kier molecular flexibility index (Phi) is 6.27. The van der Waals surface area contributed by atoms with Crippen LogP contribution in [-0.4, -0.2) is 48.3 Å². The van der Waals surface area contributed by atoms with E-state index in [0.29, 0.717) is 28.9 Å². The highest BCUT2D eigenvalue weighted by atomic mass is 16.5. The fourth-order valence-corrected chi connectivity index (χ4v) is 11.8. The number of rotatable bonds is 1. The maximum atomic E-state index is 7.12. The second-order valence-corrected chi connectivity index (χ2v) is 15.9. The minimum Gasteiger partial charge on any atom is -0.369 e. The summed E-state index contributed by atoms with van der Waals surface area (Å²) >= 11 is 0. The zero-order valence-corrected chi connectivity index (χ0v) is 24.8. The Morgan fingerprint density at radius 3 is 2.59 bits per heavy atom. The molecule has 1 spiro atoms. The SMILES string of the molecule is CC1=C2C[C@H]3C(CCC4(C)CC(N5CCCCC5)CCC34C)[C@@H]2CCC2(C1)OC1C[C@H](C)CN[C@H]1[C@H]2C. The summed E-state index contributed by atoms with van der Waals surface area (Å²) in [5, 5.41) is 3.91. The molecule has 1 N–H and O–H groups in total. The number of piperidine rings is 2. The van der Waals surface area contributed by atoms with Gasteiger partial charge in [-0.15, -0.1) is 0 Å². The van der Waals surface area contributed by atoms with Crippen molar-refractivity contribution in [2.24, 2.45) is 40.4 Å². The molecule has 0 aromatic rings. The van der Waals surface area contributed by atoms with E-state index >= 15 is 0 Å². The number of nitrogens with one attached hydrogen (secondary N) is 1. The van der Waals surface area contributed by atoms with Gasteiger partial charge < -0.3 is 15.0 Å². The van der Waals surface area contributed by atoms with Gasteiger partial charge in [0.15, 0.2) is 0 Å². The van der Waals surface area contributed by atoms with Crippen LogP contribution in [0.5, 0.6) is 0 Å². The summed E-state index contributed by atoms with van der Waals surface area (Å²) in [4.78, 5) is 2.90. The third-order valence-corrected chi connectivity index (χ3v) is 14.2. The van der Waals surface area contributed by atoms with Gasteiger partial charge in [-0.1, -0.05) is 45.3 Å². The highest BCUT2D eigenvalue weighted by molar-refractivity contribution is 5.30. The number of fused-ring (bicyclic) bond motifs is 6. The first-order valence-corrected chi connectivity index (χ1v) is 16.6. The molecule has 4 aliphatic carbocycles. The first-order chi connectivity index (χ1) is 17.7. The lowest BCUT2D eigenvalue weighted by molar-refractivity contribution is -0.121. The van der Waals surface area contributed by atoms with Gasteiger partial charge in [0.1, 0.15) is 0 Å². The van der Waals surface area contributed by atoms with E-state index in [0.717, 1.165) is 29.7 Å². The fraction of sp³-hybridized carbons (Fsp3) is 0.941. The van der Waals surface area contributed by atoms with Gasteiger partial charge >= 0.3 is 0 Å². The van der Waals surface area contributed by atoms with E-state index in [9.17, 15) is 0 Å². The van der Waals surface area contributed by atoms with Crippen LogP contribution in [0.4, 0.5) is 0 Å².